The van der Waals surface area contributed by atoms with Crippen molar-refractivity contribution in [3.05, 3.63) is 24.3 Å². The molecule has 1 rings (SSSR count). The maximum absolute atomic E-state index is 12.0. The van der Waals surface area contributed by atoms with E-state index < -0.39 is 5.54 Å². The molecule has 5 nitrogen and oxygen atoms in total. The highest BCUT2D eigenvalue weighted by Gasteiger charge is 2.25. The summed E-state index contributed by atoms with van der Waals surface area (Å²) < 4.78 is 5.51. The summed E-state index contributed by atoms with van der Waals surface area (Å²) >= 11 is 0. The molecular formula is C15H21N3O2. The molecule has 0 aliphatic rings. The molecule has 5 heteroatoms. The molecule has 0 fully saturated rings. The molecular weight excluding hydrogens is 254 g/mol. The number of hydrogen-bond donors (Lipinski definition) is 2. The lowest BCUT2D eigenvalue weighted by Gasteiger charge is -2.21. The Hall–Kier alpha value is -2.06. The third-order valence-corrected chi connectivity index (χ3v) is 3.05. The molecule has 3 N–H and O–H groups in total. The Morgan fingerprint density at radius 1 is 1.55 bits per heavy atom. The molecule has 0 saturated heterocycles. The highest BCUT2D eigenvalue weighted by molar-refractivity contribution is 5.97. The van der Waals surface area contributed by atoms with E-state index in [1.165, 1.54) is 0 Å². The quantitative estimate of drug-likeness (QED) is 0.748. The molecule has 0 spiro atoms. The van der Waals surface area contributed by atoms with Crippen LogP contribution in [0.15, 0.2) is 24.3 Å². The number of anilines is 1. The zero-order chi connectivity index (χ0) is 15.0. The minimum Gasteiger partial charge on any atom is -0.493 e. The lowest BCUT2D eigenvalue weighted by molar-refractivity contribution is -0.120. The van der Waals surface area contributed by atoms with Gasteiger partial charge in [0.2, 0.25) is 5.91 Å². The average molecular weight is 275 g/mol. The SMILES string of the molecule is CCC(C)(N)C(=O)Nc1cccc(OCCCC#N)c1. The second-order valence-corrected chi connectivity index (χ2v) is 4.86. The Labute approximate surface area is 119 Å². The predicted molar refractivity (Wildman–Crippen MR) is 78.3 cm³/mol. The highest BCUT2D eigenvalue weighted by atomic mass is 16.5. The van der Waals surface area contributed by atoms with Gasteiger partial charge in [-0.2, -0.15) is 5.26 Å². The van der Waals surface area contributed by atoms with Crippen molar-refractivity contribution >= 4 is 11.6 Å². The van der Waals surface area contributed by atoms with Crippen LogP contribution in [-0.2, 0) is 4.79 Å². The molecule has 0 radical (unpaired) electrons. The Kier molecular flexibility index (Phi) is 6.01. The third kappa shape index (κ3) is 4.90. The number of amides is 1. The number of nitrogens with zero attached hydrogens (tertiary/aromatic N) is 1. The zero-order valence-electron chi connectivity index (χ0n) is 12.0. The summed E-state index contributed by atoms with van der Waals surface area (Å²) in [5.41, 5.74) is 5.65. The van der Waals surface area contributed by atoms with Gasteiger partial charge in [-0.25, -0.2) is 0 Å². The molecule has 1 atom stereocenters. The van der Waals surface area contributed by atoms with Crippen molar-refractivity contribution < 1.29 is 9.53 Å². The molecule has 0 aromatic heterocycles. The van der Waals surface area contributed by atoms with Crippen LogP contribution in [0.2, 0.25) is 0 Å². The fourth-order valence-corrected chi connectivity index (χ4v) is 1.44. The van der Waals surface area contributed by atoms with Crippen LogP contribution in [0.1, 0.15) is 33.1 Å². The monoisotopic (exact) mass is 275 g/mol. The van der Waals surface area contributed by atoms with Crippen LogP contribution in [-0.4, -0.2) is 18.1 Å². The number of unbranched alkanes of at least 4 members (excludes halogenated alkanes) is 1. The van der Waals surface area contributed by atoms with Crippen molar-refractivity contribution in [3.8, 4) is 11.8 Å². The van der Waals surface area contributed by atoms with Gasteiger partial charge in [-0.3, -0.25) is 4.79 Å². The van der Waals surface area contributed by atoms with Gasteiger partial charge < -0.3 is 15.8 Å². The van der Waals surface area contributed by atoms with Crippen molar-refractivity contribution in [1.29, 1.82) is 5.26 Å². The molecule has 1 aromatic rings. The van der Waals surface area contributed by atoms with Gasteiger partial charge in [-0.1, -0.05) is 13.0 Å². The summed E-state index contributed by atoms with van der Waals surface area (Å²) in [4.78, 5) is 12.0. The van der Waals surface area contributed by atoms with Gasteiger partial charge >= 0.3 is 0 Å². The first kappa shape index (κ1) is 16.0. The summed E-state index contributed by atoms with van der Waals surface area (Å²) in [6.07, 6.45) is 1.71. The van der Waals surface area contributed by atoms with E-state index in [4.69, 9.17) is 15.7 Å². The van der Waals surface area contributed by atoms with Crippen molar-refractivity contribution in [2.24, 2.45) is 5.73 Å². The van der Waals surface area contributed by atoms with E-state index in [-0.39, 0.29) is 5.91 Å². The Balaban J connectivity index is 2.60. The molecule has 20 heavy (non-hydrogen) atoms. The third-order valence-electron chi connectivity index (χ3n) is 3.05. The first-order chi connectivity index (χ1) is 9.49. The number of nitrogens with two attached hydrogens (primary N) is 1. The summed E-state index contributed by atoms with van der Waals surface area (Å²) in [6, 6.07) is 9.20. The molecule has 1 amide bonds. The Morgan fingerprint density at radius 2 is 2.30 bits per heavy atom. The molecule has 0 heterocycles. The highest BCUT2D eigenvalue weighted by Crippen LogP contribution is 2.19. The van der Waals surface area contributed by atoms with Gasteiger partial charge in [0.1, 0.15) is 5.75 Å². The minimum atomic E-state index is -0.885. The van der Waals surface area contributed by atoms with E-state index >= 15 is 0 Å². The van der Waals surface area contributed by atoms with E-state index in [1.807, 2.05) is 13.0 Å². The number of carbonyl (C=O) groups excluding carboxylic acids is 1. The lowest BCUT2D eigenvalue weighted by atomic mass is 9.99. The fourth-order valence-electron chi connectivity index (χ4n) is 1.44. The zero-order valence-corrected chi connectivity index (χ0v) is 12.0. The number of ether oxygens (including phenoxy) is 1. The topological polar surface area (TPSA) is 88.1 Å². The number of nitriles is 1. The number of hydrogen-bond acceptors (Lipinski definition) is 4. The largest absolute Gasteiger partial charge is 0.493 e. The van der Waals surface area contributed by atoms with Gasteiger partial charge in [0, 0.05) is 18.2 Å². The van der Waals surface area contributed by atoms with Crippen LogP contribution in [0.25, 0.3) is 0 Å². The van der Waals surface area contributed by atoms with Crippen LogP contribution >= 0.6 is 0 Å². The van der Waals surface area contributed by atoms with E-state index in [0.717, 1.165) is 0 Å². The summed E-state index contributed by atoms with van der Waals surface area (Å²) in [6.45, 7) is 4.05. The second kappa shape index (κ2) is 7.51. The van der Waals surface area contributed by atoms with Gasteiger partial charge in [0.25, 0.3) is 0 Å². The van der Waals surface area contributed by atoms with Gasteiger partial charge in [-0.05, 0) is 31.9 Å². The van der Waals surface area contributed by atoms with E-state index in [2.05, 4.69) is 11.4 Å². The van der Waals surface area contributed by atoms with Crippen LogP contribution in [0.3, 0.4) is 0 Å². The molecule has 0 saturated carbocycles. The molecule has 0 bridgehead atoms. The first-order valence-corrected chi connectivity index (χ1v) is 6.69. The molecule has 108 valence electrons. The number of nitrogens with one attached hydrogen (secondary N) is 1. The standard InChI is InChI=1S/C15H21N3O2/c1-3-15(2,17)14(19)18-12-7-6-8-13(11-12)20-10-5-4-9-16/h6-8,11H,3-5,10,17H2,1-2H3,(H,18,19). The van der Waals surface area contributed by atoms with E-state index in [1.54, 1.807) is 25.1 Å². The number of benzene rings is 1. The Bertz CT molecular complexity index is 492. The van der Waals surface area contributed by atoms with Crippen molar-refractivity contribution in [2.45, 2.75) is 38.6 Å². The molecule has 1 aromatic carbocycles. The smallest absolute Gasteiger partial charge is 0.244 e. The number of carbonyl (C=O) groups is 1. The normalized spacial score (nSPS) is 13.1. The van der Waals surface area contributed by atoms with E-state index in [0.29, 0.717) is 37.3 Å². The summed E-state index contributed by atoms with van der Waals surface area (Å²) in [5, 5.41) is 11.2. The molecule has 0 aliphatic carbocycles. The van der Waals surface area contributed by atoms with E-state index in [9.17, 15) is 4.79 Å². The number of rotatable bonds is 7. The summed E-state index contributed by atoms with van der Waals surface area (Å²) in [5.74, 6) is 0.442. The predicted octanol–water partition coefficient (Wildman–Crippen LogP) is 2.44. The van der Waals surface area contributed by atoms with Crippen LogP contribution in [0.5, 0.6) is 5.75 Å². The van der Waals surface area contributed by atoms with Crippen molar-refractivity contribution in [3.63, 3.8) is 0 Å². The molecule has 0 aliphatic heterocycles. The lowest BCUT2D eigenvalue weighted by Crippen LogP contribution is -2.47. The fraction of sp³-hybridized carbons (Fsp3) is 0.467. The minimum absolute atomic E-state index is 0.221. The maximum atomic E-state index is 12.0. The maximum Gasteiger partial charge on any atom is 0.244 e. The summed E-state index contributed by atoms with van der Waals surface area (Å²) in [7, 11) is 0. The van der Waals surface area contributed by atoms with Crippen LogP contribution < -0.4 is 15.8 Å². The first-order valence-electron chi connectivity index (χ1n) is 6.69. The van der Waals surface area contributed by atoms with Crippen LogP contribution in [0.4, 0.5) is 5.69 Å². The van der Waals surface area contributed by atoms with Gasteiger partial charge in [0.05, 0.1) is 18.2 Å². The van der Waals surface area contributed by atoms with Gasteiger partial charge in [-0.15, -0.1) is 0 Å². The Morgan fingerprint density at radius 3 is 2.95 bits per heavy atom. The molecule has 1 unspecified atom stereocenters. The second-order valence-electron chi connectivity index (χ2n) is 4.86. The van der Waals surface area contributed by atoms with Crippen molar-refractivity contribution in [2.75, 3.05) is 11.9 Å². The van der Waals surface area contributed by atoms with Crippen molar-refractivity contribution in [1.82, 2.24) is 0 Å². The van der Waals surface area contributed by atoms with Gasteiger partial charge in [0.15, 0.2) is 0 Å². The van der Waals surface area contributed by atoms with Crippen LogP contribution in [0, 0.1) is 11.3 Å². The average Bonchev–Trinajstić information content (AvgIpc) is 2.44.